The average molecular weight is 391 g/mol. The number of sulfonamides is 1. The highest BCUT2D eigenvalue weighted by Gasteiger charge is 2.24. The van der Waals surface area contributed by atoms with Crippen molar-refractivity contribution in [1.29, 1.82) is 0 Å². The van der Waals surface area contributed by atoms with Gasteiger partial charge in [-0.15, -0.1) is 0 Å². The fourth-order valence-corrected chi connectivity index (χ4v) is 3.59. The Labute approximate surface area is 153 Å². The van der Waals surface area contributed by atoms with Crippen molar-refractivity contribution in [2.45, 2.75) is 11.8 Å². The van der Waals surface area contributed by atoms with E-state index in [1.807, 2.05) is 0 Å². The van der Waals surface area contributed by atoms with E-state index in [1.54, 1.807) is 0 Å². The number of nitrogens with zero attached hydrogens (tertiary/aromatic N) is 5. The third-order valence-electron chi connectivity index (χ3n) is 3.86. The van der Waals surface area contributed by atoms with Crippen molar-refractivity contribution in [1.82, 2.24) is 13.8 Å². The number of nitro benzene ring substituents is 1. The molecule has 27 heavy (non-hydrogen) atoms. The van der Waals surface area contributed by atoms with E-state index in [1.165, 1.54) is 61.2 Å². The summed E-state index contributed by atoms with van der Waals surface area (Å²) in [6, 6.07) is 6.30. The second-order valence-electron chi connectivity index (χ2n) is 5.65. The van der Waals surface area contributed by atoms with Gasteiger partial charge in [-0.2, -0.15) is 17.9 Å². The first kappa shape index (κ1) is 18.5. The molecule has 3 aromatic rings. The van der Waals surface area contributed by atoms with E-state index in [9.17, 15) is 22.9 Å². The third-order valence-corrected chi connectivity index (χ3v) is 5.64. The van der Waals surface area contributed by atoms with Crippen LogP contribution in [0.4, 0.5) is 10.1 Å². The highest BCUT2D eigenvalue weighted by molar-refractivity contribution is 7.89. The Hall–Kier alpha value is -3.34. The van der Waals surface area contributed by atoms with Crippen molar-refractivity contribution in [3.05, 3.63) is 69.9 Å². The van der Waals surface area contributed by atoms with Crippen LogP contribution in [0.1, 0.15) is 11.3 Å². The molecule has 0 N–H and O–H groups in total. The minimum atomic E-state index is -4.11. The molecule has 0 fully saturated rings. The Morgan fingerprint density at radius 3 is 2.78 bits per heavy atom. The molecule has 140 valence electrons. The van der Waals surface area contributed by atoms with Gasteiger partial charge >= 0.3 is 0 Å². The number of fused-ring (bicyclic) bond motifs is 1. The van der Waals surface area contributed by atoms with E-state index < -0.39 is 20.8 Å². The van der Waals surface area contributed by atoms with Gasteiger partial charge in [0.2, 0.25) is 0 Å². The Morgan fingerprint density at radius 1 is 1.33 bits per heavy atom. The highest BCUT2D eigenvalue weighted by atomic mass is 32.2. The summed E-state index contributed by atoms with van der Waals surface area (Å²) in [4.78, 5) is 14.1. The van der Waals surface area contributed by atoms with E-state index in [0.29, 0.717) is 21.3 Å². The topological polar surface area (TPSA) is 110 Å². The summed E-state index contributed by atoms with van der Waals surface area (Å²) in [6.45, 7) is 1.53. The lowest BCUT2D eigenvalue weighted by Crippen LogP contribution is -2.23. The van der Waals surface area contributed by atoms with E-state index in [4.69, 9.17) is 0 Å². The van der Waals surface area contributed by atoms with Crippen LogP contribution < -0.4 is 0 Å². The second kappa shape index (κ2) is 6.76. The maximum Gasteiger partial charge on any atom is 0.279 e. The largest absolute Gasteiger partial charge is 0.296 e. The standard InChI is InChI=1S/C16H14FN5O4S/c1-11-3-5-13(22(23)24)7-15(11)27(25,26)20(2)19-9-14-8-18-16-6-4-12(17)10-21(14)16/h3-10H,1-2H3/b19-9+. The normalized spacial score (nSPS) is 12.0. The number of aromatic nitrogens is 2. The lowest BCUT2D eigenvalue weighted by Gasteiger charge is -2.15. The van der Waals surface area contributed by atoms with E-state index in [0.717, 1.165) is 6.07 Å². The highest BCUT2D eigenvalue weighted by Crippen LogP contribution is 2.24. The number of aryl methyl sites for hydroxylation is 1. The summed E-state index contributed by atoms with van der Waals surface area (Å²) in [5.41, 5.74) is 0.841. The summed E-state index contributed by atoms with van der Waals surface area (Å²) < 4.78 is 40.9. The number of non-ortho nitro benzene ring substituents is 1. The van der Waals surface area contributed by atoms with Gasteiger partial charge in [0.25, 0.3) is 15.7 Å². The summed E-state index contributed by atoms with van der Waals surface area (Å²) in [6.07, 6.45) is 3.82. The fourth-order valence-electron chi connectivity index (χ4n) is 2.39. The molecule has 0 unspecified atom stereocenters. The quantitative estimate of drug-likeness (QED) is 0.377. The molecule has 0 saturated heterocycles. The lowest BCUT2D eigenvalue weighted by atomic mass is 10.2. The van der Waals surface area contributed by atoms with Gasteiger partial charge in [-0.25, -0.2) is 9.37 Å². The predicted octanol–water partition coefficient (Wildman–Crippen LogP) is 2.34. The maximum absolute atomic E-state index is 13.4. The molecule has 3 rings (SSSR count). The van der Waals surface area contributed by atoms with Crippen molar-refractivity contribution in [3.63, 3.8) is 0 Å². The number of halogens is 1. The van der Waals surface area contributed by atoms with Crippen molar-refractivity contribution in [3.8, 4) is 0 Å². The van der Waals surface area contributed by atoms with Crippen molar-refractivity contribution >= 4 is 27.6 Å². The third kappa shape index (κ3) is 3.49. The zero-order valence-corrected chi connectivity index (χ0v) is 15.1. The monoisotopic (exact) mass is 391 g/mol. The first-order chi connectivity index (χ1) is 12.7. The molecule has 0 amide bonds. The van der Waals surface area contributed by atoms with Crippen LogP contribution >= 0.6 is 0 Å². The molecule has 0 saturated carbocycles. The predicted molar refractivity (Wildman–Crippen MR) is 95.5 cm³/mol. The number of hydrogen-bond acceptors (Lipinski definition) is 6. The molecule has 0 atom stereocenters. The molecular formula is C16H14FN5O4S. The van der Waals surface area contributed by atoms with Crippen LogP contribution in [0.3, 0.4) is 0 Å². The lowest BCUT2D eigenvalue weighted by molar-refractivity contribution is -0.385. The molecule has 2 heterocycles. The number of benzene rings is 1. The summed E-state index contributed by atoms with van der Waals surface area (Å²) in [5.74, 6) is -0.483. The van der Waals surface area contributed by atoms with Gasteiger partial charge in [-0.3, -0.25) is 14.5 Å². The van der Waals surface area contributed by atoms with Crippen LogP contribution in [0.25, 0.3) is 5.65 Å². The Balaban J connectivity index is 1.96. The van der Waals surface area contributed by atoms with Gasteiger partial charge in [-0.05, 0) is 24.6 Å². The molecule has 11 heteroatoms. The SMILES string of the molecule is Cc1ccc([N+](=O)[O-])cc1S(=O)(=O)N(C)/N=C/c1cnc2ccc(F)cn12. The van der Waals surface area contributed by atoms with Crippen LogP contribution in [0.15, 0.2) is 52.7 Å². The van der Waals surface area contributed by atoms with Gasteiger partial charge in [0.15, 0.2) is 0 Å². The first-order valence-electron chi connectivity index (χ1n) is 7.61. The Morgan fingerprint density at radius 2 is 2.07 bits per heavy atom. The first-order valence-corrected chi connectivity index (χ1v) is 9.05. The van der Waals surface area contributed by atoms with Gasteiger partial charge in [0.1, 0.15) is 11.5 Å². The number of hydrogen-bond donors (Lipinski definition) is 0. The molecule has 9 nitrogen and oxygen atoms in total. The molecule has 0 aliphatic heterocycles. The van der Waals surface area contributed by atoms with Gasteiger partial charge in [0.05, 0.1) is 27.9 Å². The van der Waals surface area contributed by atoms with Gasteiger partial charge in [-0.1, -0.05) is 6.07 Å². The molecule has 2 aromatic heterocycles. The summed E-state index contributed by atoms with van der Waals surface area (Å²) in [5, 5.41) is 14.8. The van der Waals surface area contributed by atoms with Crippen LogP contribution in [-0.2, 0) is 10.0 Å². The molecule has 0 aliphatic carbocycles. The number of pyridine rings is 1. The van der Waals surface area contributed by atoms with E-state index >= 15 is 0 Å². The van der Waals surface area contributed by atoms with Crippen molar-refractivity contribution < 1.29 is 17.7 Å². The molecule has 1 aromatic carbocycles. The zero-order chi connectivity index (χ0) is 19.8. The number of hydrazone groups is 1. The second-order valence-corrected chi connectivity index (χ2v) is 7.57. The Bertz CT molecular complexity index is 1170. The molecule has 0 aliphatic rings. The van der Waals surface area contributed by atoms with Crippen LogP contribution in [-0.4, -0.2) is 40.4 Å². The molecule has 0 spiro atoms. The van der Waals surface area contributed by atoms with Gasteiger partial charge < -0.3 is 0 Å². The number of imidazole rings is 1. The van der Waals surface area contributed by atoms with Crippen molar-refractivity contribution in [2.24, 2.45) is 5.10 Å². The van der Waals surface area contributed by atoms with Crippen molar-refractivity contribution in [2.75, 3.05) is 7.05 Å². The van der Waals surface area contributed by atoms with Gasteiger partial charge in [0, 0.05) is 25.4 Å². The molecular weight excluding hydrogens is 377 g/mol. The summed E-state index contributed by atoms with van der Waals surface area (Å²) in [7, 11) is -2.91. The van der Waals surface area contributed by atoms with E-state index in [-0.39, 0.29) is 10.6 Å². The minimum Gasteiger partial charge on any atom is -0.296 e. The number of rotatable bonds is 5. The molecule has 0 radical (unpaired) electrons. The van der Waals surface area contributed by atoms with E-state index in [2.05, 4.69) is 10.1 Å². The summed E-state index contributed by atoms with van der Waals surface area (Å²) >= 11 is 0. The smallest absolute Gasteiger partial charge is 0.279 e. The average Bonchev–Trinajstić information content (AvgIpc) is 3.01. The van der Waals surface area contributed by atoms with Crippen LogP contribution in [0, 0.1) is 22.9 Å². The molecule has 0 bridgehead atoms. The Kier molecular flexibility index (Phi) is 4.62. The number of nitro groups is 1. The zero-order valence-electron chi connectivity index (χ0n) is 14.3. The maximum atomic E-state index is 13.4. The van der Waals surface area contributed by atoms with Crippen LogP contribution in [0.2, 0.25) is 0 Å². The fraction of sp³-hybridized carbons (Fsp3) is 0.125. The van der Waals surface area contributed by atoms with Crippen LogP contribution in [0.5, 0.6) is 0 Å². The minimum absolute atomic E-state index is 0.222.